The molecule has 0 saturated carbocycles. The van der Waals surface area contributed by atoms with Crippen LogP contribution in [0, 0.1) is 0 Å². The molecule has 0 atom stereocenters. The summed E-state index contributed by atoms with van der Waals surface area (Å²) < 4.78 is 11.0. The number of carbonyl (C=O) groups is 2. The number of amides is 2. The molecule has 2 aromatic rings. The third kappa shape index (κ3) is 4.31. The molecule has 1 heterocycles. The van der Waals surface area contributed by atoms with E-state index in [1.54, 1.807) is 48.5 Å². The Kier molecular flexibility index (Phi) is 6.61. The number of rotatable bonds is 8. The number of ether oxygens (including phenoxy) is 2. The molecule has 3 rings (SSSR count). The zero-order valence-electron chi connectivity index (χ0n) is 16.5. The number of carbonyl (C=O) groups excluding carboxylic acids is 2. The molecule has 2 aromatic carbocycles. The van der Waals surface area contributed by atoms with Crippen LogP contribution in [-0.2, 0) is 9.59 Å². The van der Waals surface area contributed by atoms with Crippen LogP contribution in [0.2, 0.25) is 0 Å². The molecule has 0 aliphatic carbocycles. The summed E-state index contributed by atoms with van der Waals surface area (Å²) in [5.41, 5.74) is 1.30. The molecule has 2 amide bonds. The lowest BCUT2D eigenvalue weighted by Gasteiger charge is -2.17. The second kappa shape index (κ2) is 9.15. The van der Waals surface area contributed by atoms with Crippen LogP contribution in [0.4, 0.5) is 5.69 Å². The quantitative estimate of drug-likeness (QED) is 0.668. The summed E-state index contributed by atoms with van der Waals surface area (Å²) in [6.07, 6.45) is 0.0243. The van der Waals surface area contributed by atoms with Crippen molar-refractivity contribution in [2.24, 2.45) is 0 Å². The van der Waals surface area contributed by atoms with Crippen molar-refractivity contribution in [1.29, 1.82) is 0 Å². The van der Waals surface area contributed by atoms with E-state index < -0.39 is 11.8 Å². The molecule has 7 heteroatoms. The smallest absolute Gasteiger partial charge is 0.272 e. The summed E-state index contributed by atoms with van der Waals surface area (Å²) in [5.74, 6) is 0.649. The fourth-order valence-electron chi connectivity index (χ4n) is 3.06. The predicted molar refractivity (Wildman–Crippen MR) is 114 cm³/mol. The first-order valence-electron chi connectivity index (χ1n) is 9.24. The molecule has 0 saturated heterocycles. The average Bonchev–Trinajstić information content (AvgIpc) is 2.96. The van der Waals surface area contributed by atoms with E-state index in [4.69, 9.17) is 9.47 Å². The molecular formula is C22H23NO5S. The van der Waals surface area contributed by atoms with Crippen molar-refractivity contribution in [3.05, 3.63) is 59.0 Å². The summed E-state index contributed by atoms with van der Waals surface area (Å²) in [5, 5.41) is 9.23. The van der Waals surface area contributed by atoms with Gasteiger partial charge in [0.15, 0.2) is 0 Å². The zero-order chi connectivity index (χ0) is 21.0. The minimum absolute atomic E-state index is 0.0243. The van der Waals surface area contributed by atoms with Gasteiger partial charge in [-0.1, -0.05) is 18.2 Å². The summed E-state index contributed by atoms with van der Waals surface area (Å²) in [4.78, 5) is 27.9. The molecular weight excluding hydrogens is 390 g/mol. The summed E-state index contributed by atoms with van der Waals surface area (Å²) >= 11 is 1.17. The first-order chi connectivity index (χ1) is 14.0. The lowest BCUT2D eigenvalue weighted by molar-refractivity contribution is -0.119. The van der Waals surface area contributed by atoms with Gasteiger partial charge >= 0.3 is 0 Å². The fraction of sp³-hybridized carbons (Fsp3) is 0.273. The van der Waals surface area contributed by atoms with Crippen molar-refractivity contribution < 1.29 is 24.2 Å². The second-order valence-corrected chi connectivity index (χ2v) is 7.69. The average molecular weight is 413 g/mol. The van der Waals surface area contributed by atoms with Gasteiger partial charge in [-0.05, 0) is 44.2 Å². The maximum Gasteiger partial charge on any atom is 0.272 e. The van der Waals surface area contributed by atoms with E-state index in [-0.39, 0.29) is 18.3 Å². The predicted octanol–water partition coefficient (Wildman–Crippen LogP) is 3.49. The summed E-state index contributed by atoms with van der Waals surface area (Å²) in [6.45, 7) is 3.75. The van der Waals surface area contributed by atoms with E-state index in [1.807, 2.05) is 13.8 Å². The number of anilines is 1. The molecule has 0 aromatic heterocycles. The van der Waals surface area contributed by atoms with Gasteiger partial charge in [0, 0.05) is 11.3 Å². The van der Waals surface area contributed by atoms with Gasteiger partial charge in [-0.3, -0.25) is 9.59 Å². The molecule has 152 valence electrons. The maximum atomic E-state index is 13.3. The third-order valence-corrected chi connectivity index (χ3v) is 5.28. The van der Waals surface area contributed by atoms with Crippen LogP contribution in [-0.4, -0.2) is 42.5 Å². The number of hydrogen-bond donors (Lipinski definition) is 1. The Bertz CT molecular complexity index is 936. The van der Waals surface area contributed by atoms with Crippen LogP contribution in [0.1, 0.15) is 19.4 Å². The molecule has 0 spiro atoms. The van der Waals surface area contributed by atoms with E-state index in [0.29, 0.717) is 33.4 Å². The Labute approximate surface area is 174 Å². The van der Waals surface area contributed by atoms with Crippen LogP contribution in [0.15, 0.2) is 53.4 Å². The minimum Gasteiger partial charge on any atom is -0.496 e. The van der Waals surface area contributed by atoms with Crippen LogP contribution in [0.3, 0.4) is 0 Å². The molecule has 0 bridgehead atoms. The summed E-state index contributed by atoms with van der Waals surface area (Å²) in [6, 6.07) is 13.9. The van der Waals surface area contributed by atoms with Crippen molar-refractivity contribution in [3.8, 4) is 11.5 Å². The first-order valence-corrected chi connectivity index (χ1v) is 10.2. The Morgan fingerprint density at radius 3 is 2.34 bits per heavy atom. The number of hydrogen-bond acceptors (Lipinski definition) is 6. The molecule has 1 aliphatic heterocycles. The molecule has 1 N–H and O–H groups in total. The van der Waals surface area contributed by atoms with Gasteiger partial charge < -0.3 is 14.6 Å². The molecule has 0 unspecified atom stereocenters. The van der Waals surface area contributed by atoms with E-state index in [2.05, 4.69) is 0 Å². The van der Waals surface area contributed by atoms with E-state index in [1.165, 1.54) is 18.9 Å². The van der Waals surface area contributed by atoms with Gasteiger partial charge in [-0.15, -0.1) is 11.8 Å². The monoisotopic (exact) mass is 413 g/mol. The van der Waals surface area contributed by atoms with Crippen molar-refractivity contribution in [1.82, 2.24) is 0 Å². The highest BCUT2D eigenvalue weighted by Crippen LogP contribution is 2.41. The molecule has 0 radical (unpaired) electrons. The molecule has 29 heavy (non-hydrogen) atoms. The van der Waals surface area contributed by atoms with E-state index >= 15 is 0 Å². The van der Waals surface area contributed by atoms with Crippen LogP contribution < -0.4 is 14.4 Å². The van der Waals surface area contributed by atoms with Gasteiger partial charge in [0.25, 0.3) is 11.8 Å². The molecule has 0 fully saturated rings. The number of para-hydroxylation sites is 1. The lowest BCUT2D eigenvalue weighted by Crippen LogP contribution is -2.31. The minimum atomic E-state index is -0.419. The SMILES string of the molecule is COc1ccccc1C1=C(SCCO)C(=O)N(c2ccc(OC(C)C)cc2)C1=O. The maximum absolute atomic E-state index is 13.3. The summed E-state index contributed by atoms with van der Waals surface area (Å²) in [7, 11) is 1.52. The highest BCUT2D eigenvalue weighted by molar-refractivity contribution is 8.04. The van der Waals surface area contributed by atoms with E-state index in [0.717, 1.165) is 4.90 Å². The number of aliphatic hydroxyl groups excluding tert-OH is 1. The Balaban J connectivity index is 2.01. The lowest BCUT2D eigenvalue weighted by atomic mass is 10.0. The van der Waals surface area contributed by atoms with Crippen LogP contribution in [0.5, 0.6) is 11.5 Å². The van der Waals surface area contributed by atoms with Crippen molar-refractivity contribution in [3.63, 3.8) is 0 Å². The van der Waals surface area contributed by atoms with Crippen LogP contribution >= 0.6 is 11.8 Å². The number of methoxy groups -OCH3 is 1. The van der Waals surface area contributed by atoms with E-state index in [9.17, 15) is 14.7 Å². The topological polar surface area (TPSA) is 76.1 Å². The zero-order valence-corrected chi connectivity index (χ0v) is 17.4. The third-order valence-electron chi connectivity index (χ3n) is 4.22. The number of benzene rings is 2. The van der Waals surface area contributed by atoms with Crippen molar-refractivity contribution in [2.75, 3.05) is 24.4 Å². The molecule has 6 nitrogen and oxygen atoms in total. The number of aliphatic hydroxyl groups is 1. The number of thioether (sulfide) groups is 1. The normalized spacial score (nSPS) is 14.2. The van der Waals surface area contributed by atoms with Gasteiger partial charge in [0.05, 0.1) is 36.0 Å². The number of imide groups is 1. The van der Waals surface area contributed by atoms with Gasteiger partial charge in [-0.25, -0.2) is 4.90 Å². The largest absolute Gasteiger partial charge is 0.496 e. The fourth-order valence-corrected chi connectivity index (χ4v) is 3.91. The van der Waals surface area contributed by atoms with Crippen molar-refractivity contribution >= 4 is 34.8 Å². The highest BCUT2D eigenvalue weighted by atomic mass is 32.2. The second-order valence-electron chi connectivity index (χ2n) is 6.58. The first kappa shape index (κ1) is 21.0. The molecule has 1 aliphatic rings. The Morgan fingerprint density at radius 1 is 1.03 bits per heavy atom. The van der Waals surface area contributed by atoms with Crippen molar-refractivity contribution in [2.45, 2.75) is 20.0 Å². The number of nitrogens with zero attached hydrogens (tertiary/aromatic N) is 1. The van der Waals surface area contributed by atoms with Crippen LogP contribution in [0.25, 0.3) is 5.57 Å². The Morgan fingerprint density at radius 2 is 1.72 bits per heavy atom. The van der Waals surface area contributed by atoms with Gasteiger partial charge in [0.1, 0.15) is 11.5 Å². The standard InChI is InChI=1S/C22H23NO5S/c1-14(2)28-16-10-8-15(9-11-16)23-21(25)19(20(22(23)26)29-13-12-24)17-6-4-5-7-18(17)27-3/h4-11,14,24H,12-13H2,1-3H3. The highest BCUT2D eigenvalue weighted by Gasteiger charge is 2.41. The van der Waals surface area contributed by atoms with Gasteiger partial charge in [-0.2, -0.15) is 0 Å². The Hall–Kier alpha value is -2.77. The van der Waals surface area contributed by atoms with Gasteiger partial charge in [0.2, 0.25) is 0 Å².